The lowest BCUT2D eigenvalue weighted by molar-refractivity contribution is -0.146. The van der Waals surface area contributed by atoms with E-state index in [0.717, 1.165) is 0 Å². The van der Waals surface area contributed by atoms with Gasteiger partial charge in [0.2, 0.25) is 5.88 Å². The lowest BCUT2D eigenvalue weighted by atomic mass is 10.1. The van der Waals surface area contributed by atoms with Gasteiger partial charge in [0.1, 0.15) is 0 Å². The number of aryl methyl sites for hydroxylation is 2. The largest absolute Gasteiger partial charge is 0.481 e. The zero-order valence-electron chi connectivity index (χ0n) is 8.89. The number of methoxy groups -OCH3 is 1. The Kier molecular flexibility index (Phi) is 3.31. The van der Waals surface area contributed by atoms with Crippen LogP contribution < -0.4 is 4.74 Å². The molecule has 84 valence electrons. The van der Waals surface area contributed by atoms with Crippen molar-refractivity contribution in [1.82, 2.24) is 9.78 Å². The molecule has 0 radical (unpaired) electrons. The molecule has 15 heavy (non-hydrogen) atoms. The number of ether oxygens (including phenoxy) is 1. The molecule has 0 amide bonds. The van der Waals surface area contributed by atoms with Crippen molar-refractivity contribution in [3.63, 3.8) is 0 Å². The predicted molar refractivity (Wildman–Crippen MR) is 51.8 cm³/mol. The van der Waals surface area contributed by atoms with E-state index in [1.54, 1.807) is 14.0 Å². The maximum atomic E-state index is 10.5. The summed E-state index contributed by atoms with van der Waals surface area (Å²) in [5.41, 5.74) is 1.28. The fourth-order valence-corrected chi connectivity index (χ4v) is 1.45. The number of aromatic nitrogens is 2. The van der Waals surface area contributed by atoms with E-state index in [1.807, 2.05) is 0 Å². The fourth-order valence-electron chi connectivity index (χ4n) is 1.45. The topological polar surface area (TPSA) is 84.6 Å². The lowest BCUT2D eigenvalue weighted by Crippen LogP contribution is -2.22. The second-order valence-electron chi connectivity index (χ2n) is 3.26. The number of aliphatic carboxylic acids is 1. The molecule has 2 N–H and O–H groups in total. The van der Waals surface area contributed by atoms with Crippen molar-refractivity contribution in [1.29, 1.82) is 0 Å². The van der Waals surface area contributed by atoms with Crippen molar-refractivity contribution in [2.45, 2.75) is 19.4 Å². The Bertz CT molecular complexity index is 372. The minimum absolute atomic E-state index is 0.00181. The van der Waals surface area contributed by atoms with E-state index in [1.165, 1.54) is 11.8 Å². The monoisotopic (exact) mass is 214 g/mol. The van der Waals surface area contributed by atoms with Gasteiger partial charge in [0, 0.05) is 19.0 Å². The van der Waals surface area contributed by atoms with Crippen LogP contribution in [0.25, 0.3) is 0 Å². The highest BCUT2D eigenvalue weighted by atomic mass is 16.5. The van der Waals surface area contributed by atoms with Gasteiger partial charge in [-0.05, 0) is 6.92 Å². The molecule has 1 aromatic heterocycles. The molecule has 1 rings (SSSR count). The van der Waals surface area contributed by atoms with Crippen molar-refractivity contribution in [3.05, 3.63) is 11.3 Å². The molecular weight excluding hydrogens is 200 g/mol. The molecule has 0 aliphatic heterocycles. The van der Waals surface area contributed by atoms with Crippen molar-refractivity contribution < 1.29 is 19.7 Å². The van der Waals surface area contributed by atoms with Crippen LogP contribution >= 0.6 is 0 Å². The molecule has 1 aromatic rings. The second-order valence-corrected chi connectivity index (χ2v) is 3.26. The first kappa shape index (κ1) is 11.5. The molecule has 6 nitrogen and oxygen atoms in total. The van der Waals surface area contributed by atoms with E-state index < -0.39 is 12.1 Å². The molecule has 0 aliphatic rings. The Morgan fingerprint density at radius 2 is 2.27 bits per heavy atom. The number of aliphatic hydroxyl groups excluding tert-OH is 1. The van der Waals surface area contributed by atoms with Gasteiger partial charge in [-0.1, -0.05) is 0 Å². The van der Waals surface area contributed by atoms with Gasteiger partial charge in [-0.3, -0.25) is 0 Å². The quantitative estimate of drug-likeness (QED) is 0.720. The van der Waals surface area contributed by atoms with E-state index >= 15 is 0 Å². The molecule has 1 atom stereocenters. The van der Waals surface area contributed by atoms with Gasteiger partial charge < -0.3 is 14.9 Å². The summed E-state index contributed by atoms with van der Waals surface area (Å²) in [6, 6.07) is 0. The van der Waals surface area contributed by atoms with Crippen LogP contribution in [-0.4, -0.2) is 39.2 Å². The minimum atomic E-state index is -1.43. The zero-order valence-corrected chi connectivity index (χ0v) is 8.89. The summed E-state index contributed by atoms with van der Waals surface area (Å²) in [6.45, 7) is 1.74. The van der Waals surface area contributed by atoms with Gasteiger partial charge in [0.05, 0.1) is 12.8 Å². The molecule has 6 heteroatoms. The summed E-state index contributed by atoms with van der Waals surface area (Å²) in [4.78, 5) is 10.5. The van der Waals surface area contributed by atoms with Crippen LogP contribution in [0.2, 0.25) is 0 Å². The van der Waals surface area contributed by atoms with Gasteiger partial charge in [-0.25, -0.2) is 9.48 Å². The highest BCUT2D eigenvalue weighted by Gasteiger charge is 2.21. The third kappa shape index (κ3) is 2.27. The Hall–Kier alpha value is -1.56. The number of carboxylic acids is 1. The van der Waals surface area contributed by atoms with Gasteiger partial charge in [-0.2, -0.15) is 5.10 Å². The third-order valence-electron chi connectivity index (χ3n) is 2.16. The maximum Gasteiger partial charge on any atom is 0.332 e. The number of hydrogen-bond donors (Lipinski definition) is 2. The summed E-state index contributed by atoms with van der Waals surface area (Å²) in [5.74, 6) is -0.770. The predicted octanol–water partition coefficient (Wildman–Crippen LogP) is -0.275. The van der Waals surface area contributed by atoms with E-state index in [0.29, 0.717) is 17.1 Å². The molecule has 1 unspecified atom stereocenters. The van der Waals surface area contributed by atoms with Gasteiger partial charge >= 0.3 is 5.97 Å². The van der Waals surface area contributed by atoms with E-state index in [9.17, 15) is 9.90 Å². The van der Waals surface area contributed by atoms with Crippen LogP contribution in [0, 0.1) is 6.92 Å². The van der Waals surface area contributed by atoms with Crippen molar-refractivity contribution in [3.8, 4) is 5.88 Å². The summed E-state index contributed by atoms with van der Waals surface area (Å²) in [6.07, 6.45) is -1.43. The number of nitrogens with zero attached hydrogens (tertiary/aromatic N) is 2. The smallest absolute Gasteiger partial charge is 0.332 e. The Morgan fingerprint density at radius 3 is 2.73 bits per heavy atom. The van der Waals surface area contributed by atoms with Gasteiger partial charge in [-0.15, -0.1) is 0 Å². The first-order chi connectivity index (χ1) is 6.97. The SMILES string of the molecule is COc1c(CC(O)C(=O)O)c(C)nn1C. The molecule has 0 aliphatic carbocycles. The van der Waals surface area contributed by atoms with Crippen LogP contribution in [0.5, 0.6) is 5.88 Å². The second kappa shape index (κ2) is 4.31. The van der Waals surface area contributed by atoms with Crippen LogP contribution in [-0.2, 0) is 18.3 Å². The molecule has 0 saturated heterocycles. The highest BCUT2D eigenvalue weighted by Crippen LogP contribution is 2.22. The van der Waals surface area contributed by atoms with Gasteiger partial charge in [0.25, 0.3) is 0 Å². The number of carbonyl (C=O) groups is 1. The zero-order chi connectivity index (χ0) is 11.6. The average molecular weight is 214 g/mol. The molecule has 0 bridgehead atoms. The minimum Gasteiger partial charge on any atom is -0.481 e. The van der Waals surface area contributed by atoms with E-state index in [4.69, 9.17) is 9.84 Å². The Morgan fingerprint density at radius 1 is 1.67 bits per heavy atom. The summed E-state index contributed by atoms with van der Waals surface area (Å²) < 4.78 is 6.59. The summed E-state index contributed by atoms with van der Waals surface area (Å²) >= 11 is 0. The molecule has 1 heterocycles. The Labute approximate surface area is 87.1 Å². The summed E-state index contributed by atoms with van der Waals surface area (Å²) in [7, 11) is 3.18. The number of aliphatic hydroxyl groups is 1. The molecule has 0 fully saturated rings. The van der Waals surface area contributed by atoms with Crippen molar-refractivity contribution >= 4 is 5.97 Å². The van der Waals surface area contributed by atoms with E-state index in [2.05, 4.69) is 5.10 Å². The van der Waals surface area contributed by atoms with Crippen molar-refractivity contribution in [2.75, 3.05) is 7.11 Å². The lowest BCUT2D eigenvalue weighted by Gasteiger charge is -2.07. The van der Waals surface area contributed by atoms with Crippen LogP contribution in [0.4, 0.5) is 0 Å². The number of hydrogen-bond acceptors (Lipinski definition) is 4. The number of rotatable bonds is 4. The van der Waals surface area contributed by atoms with Crippen molar-refractivity contribution in [2.24, 2.45) is 7.05 Å². The number of carboxylic acid groups (broad SMARTS) is 1. The average Bonchev–Trinajstić information content (AvgIpc) is 2.41. The standard InChI is InChI=1S/C9H14N2O4/c1-5-6(4-7(12)9(13)14)8(15-3)11(2)10-5/h7,12H,4H2,1-3H3,(H,13,14). The van der Waals surface area contributed by atoms with E-state index in [-0.39, 0.29) is 6.42 Å². The Balaban J connectivity index is 2.98. The molecule has 0 aromatic carbocycles. The molecule has 0 spiro atoms. The molecule has 0 saturated carbocycles. The van der Waals surface area contributed by atoms with Crippen LogP contribution in [0.3, 0.4) is 0 Å². The summed E-state index contributed by atoms with van der Waals surface area (Å²) in [5, 5.41) is 21.9. The maximum absolute atomic E-state index is 10.5. The third-order valence-corrected chi connectivity index (χ3v) is 2.16. The molecular formula is C9H14N2O4. The fraction of sp³-hybridized carbons (Fsp3) is 0.556. The highest BCUT2D eigenvalue weighted by molar-refractivity contribution is 5.72. The first-order valence-electron chi connectivity index (χ1n) is 4.44. The van der Waals surface area contributed by atoms with Crippen LogP contribution in [0.15, 0.2) is 0 Å². The van der Waals surface area contributed by atoms with Crippen LogP contribution in [0.1, 0.15) is 11.3 Å². The van der Waals surface area contributed by atoms with Gasteiger partial charge in [0.15, 0.2) is 6.10 Å². The normalized spacial score (nSPS) is 12.5. The first-order valence-corrected chi connectivity index (χ1v) is 4.44.